The minimum absolute atomic E-state index is 0.110. The van der Waals surface area contributed by atoms with Gasteiger partial charge in [0.25, 0.3) is 0 Å². The van der Waals surface area contributed by atoms with Crippen LogP contribution >= 0.6 is 0 Å². The number of halogens is 2. The van der Waals surface area contributed by atoms with Crippen molar-refractivity contribution in [2.45, 2.75) is 33.1 Å². The van der Waals surface area contributed by atoms with Crippen LogP contribution in [-0.4, -0.2) is 30.6 Å². The van der Waals surface area contributed by atoms with E-state index in [1.165, 1.54) is 12.3 Å². The Labute approximate surface area is 151 Å². The predicted molar refractivity (Wildman–Crippen MR) is 93.5 cm³/mol. The van der Waals surface area contributed by atoms with E-state index in [2.05, 4.69) is 24.1 Å². The number of aromatic nitrogens is 1. The maximum absolute atomic E-state index is 13.7. The smallest absolute Gasteiger partial charge is 0.220 e. The number of aryl methyl sites for hydroxylation is 1. The zero-order valence-corrected chi connectivity index (χ0v) is 15.1. The van der Waals surface area contributed by atoms with Crippen molar-refractivity contribution in [3.05, 3.63) is 41.9 Å². The highest BCUT2D eigenvalue weighted by Crippen LogP contribution is 2.24. The third-order valence-electron chi connectivity index (χ3n) is 3.55. The molecule has 0 radical (unpaired) electrons. The maximum Gasteiger partial charge on any atom is 0.220 e. The number of nitrogens with zero attached hydrogens (tertiary/aromatic N) is 1. The molecule has 0 aliphatic heterocycles. The molecule has 1 N–H and O–H groups in total. The second kappa shape index (κ2) is 10.0. The summed E-state index contributed by atoms with van der Waals surface area (Å²) in [6.45, 7) is 6.05. The normalized spacial score (nSPS) is 11.1. The number of benzene rings is 1. The number of hydrogen-bond donors (Lipinski definition) is 1. The first-order chi connectivity index (χ1) is 12.5. The summed E-state index contributed by atoms with van der Waals surface area (Å²) < 4.78 is 37.6. The Morgan fingerprint density at radius 2 is 2.15 bits per heavy atom. The van der Waals surface area contributed by atoms with E-state index in [1.807, 2.05) is 0 Å². The molecule has 0 aliphatic rings. The third kappa shape index (κ3) is 6.55. The van der Waals surface area contributed by atoms with Crippen LogP contribution < -0.4 is 5.32 Å². The third-order valence-corrected chi connectivity index (χ3v) is 3.55. The van der Waals surface area contributed by atoms with Gasteiger partial charge in [-0.1, -0.05) is 13.8 Å². The standard InChI is InChI=1S/C19H24F2N2O3/c1-13(2)12-25-9-3-8-22-18(24)6-7-19-23-11-17(26-19)15-5-4-14(20)10-16(15)21/h4-5,10-11,13H,3,6-9,12H2,1-2H3,(H,22,24). The first-order valence-corrected chi connectivity index (χ1v) is 8.70. The van der Waals surface area contributed by atoms with Crippen LogP contribution in [-0.2, 0) is 16.0 Å². The fraction of sp³-hybridized carbons (Fsp3) is 0.474. The fourth-order valence-electron chi connectivity index (χ4n) is 2.27. The number of ether oxygens (including phenoxy) is 1. The number of carbonyl (C=O) groups is 1. The summed E-state index contributed by atoms with van der Waals surface area (Å²) in [5.74, 6) is -0.443. The van der Waals surface area contributed by atoms with E-state index >= 15 is 0 Å². The van der Waals surface area contributed by atoms with E-state index in [4.69, 9.17) is 9.15 Å². The van der Waals surface area contributed by atoms with Crippen molar-refractivity contribution in [2.75, 3.05) is 19.8 Å². The number of rotatable bonds is 10. The Morgan fingerprint density at radius 1 is 1.35 bits per heavy atom. The molecule has 0 fully saturated rings. The summed E-state index contributed by atoms with van der Waals surface area (Å²) in [5.41, 5.74) is 0.135. The molecule has 7 heteroatoms. The van der Waals surface area contributed by atoms with Gasteiger partial charge in [0.2, 0.25) is 5.91 Å². The van der Waals surface area contributed by atoms with Crippen LogP contribution in [0, 0.1) is 17.6 Å². The number of nitrogens with one attached hydrogen (secondary N) is 1. The molecule has 1 aromatic carbocycles. The van der Waals surface area contributed by atoms with Crippen LogP contribution in [0.1, 0.15) is 32.6 Å². The van der Waals surface area contributed by atoms with Gasteiger partial charge in [0.05, 0.1) is 11.8 Å². The fourth-order valence-corrected chi connectivity index (χ4v) is 2.27. The molecule has 2 aromatic rings. The van der Waals surface area contributed by atoms with E-state index < -0.39 is 11.6 Å². The summed E-state index contributed by atoms with van der Waals surface area (Å²) in [6.07, 6.45) is 2.65. The molecule has 5 nitrogen and oxygen atoms in total. The molecule has 0 spiro atoms. The lowest BCUT2D eigenvalue weighted by Crippen LogP contribution is -2.25. The Balaban J connectivity index is 1.71. The van der Waals surface area contributed by atoms with Crippen molar-refractivity contribution in [1.29, 1.82) is 0 Å². The Hall–Kier alpha value is -2.28. The zero-order valence-electron chi connectivity index (χ0n) is 15.1. The van der Waals surface area contributed by atoms with Crippen LogP contribution in [0.2, 0.25) is 0 Å². The predicted octanol–water partition coefficient (Wildman–Crippen LogP) is 3.73. The van der Waals surface area contributed by atoms with Crippen molar-refractivity contribution in [3.63, 3.8) is 0 Å². The second-order valence-corrected chi connectivity index (χ2v) is 6.41. The Bertz CT molecular complexity index is 717. The highest BCUT2D eigenvalue weighted by molar-refractivity contribution is 5.76. The SMILES string of the molecule is CC(C)COCCCNC(=O)CCc1ncc(-c2ccc(F)cc2F)o1. The molecule has 0 saturated heterocycles. The van der Waals surface area contributed by atoms with Crippen LogP contribution in [0.5, 0.6) is 0 Å². The zero-order chi connectivity index (χ0) is 18.9. The number of hydrogen-bond acceptors (Lipinski definition) is 4. The second-order valence-electron chi connectivity index (χ2n) is 6.41. The summed E-state index contributed by atoms with van der Waals surface area (Å²) in [6, 6.07) is 3.23. The highest BCUT2D eigenvalue weighted by Gasteiger charge is 2.12. The van der Waals surface area contributed by atoms with Gasteiger partial charge in [-0.25, -0.2) is 13.8 Å². The van der Waals surface area contributed by atoms with Crippen molar-refractivity contribution < 1.29 is 22.7 Å². The van der Waals surface area contributed by atoms with Crippen molar-refractivity contribution in [1.82, 2.24) is 10.3 Å². The van der Waals surface area contributed by atoms with Crippen LogP contribution in [0.4, 0.5) is 8.78 Å². The molecule has 0 atom stereocenters. The molecule has 1 amide bonds. The number of oxazole rings is 1. The van der Waals surface area contributed by atoms with Gasteiger partial charge >= 0.3 is 0 Å². The largest absolute Gasteiger partial charge is 0.441 e. The lowest BCUT2D eigenvalue weighted by molar-refractivity contribution is -0.121. The van der Waals surface area contributed by atoms with E-state index in [1.54, 1.807) is 0 Å². The molecule has 0 unspecified atom stereocenters. The van der Waals surface area contributed by atoms with Gasteiger partial charge in [0.1, 0.15) is 11.6 Å². The molecular formula is C19H24F2N2O3. The summed E-state index contributed by atoms with van der Waals surface area (Å²) in [4.78, 5) is 15.8. The highest BCUT2D eigenvalue weighted by atomic mass is 19.1. The first kappa shape index (κ1) is 20.0. The van der Waals surface area contributed by atoms with Gasteiger partial charge in [-0.3, -0.25) is 4.79 Å². The van der Waals surface area contributed by atoms with E-state index in [9.17, 15) is 13.6 Å². The summed E-state index contributed by atoms with van der Waals surface area (Å²) >= 11 is 0. The quantitative estimate of drug-likeness (QED) is 0.651. The average molecular weight is 366 g/mol. The summed E-state index contributed by atoms with van der Waals surface area (Å²) in [7, 11) is 0. The molecule has 1 aromatic heterocycles. The monoisotopic (exact) mass is 366 g/mol. The van der Waals surface area contributed by atoms with Crippen molar-refractivity contribution >= 4 is 5.91 Å². The molecule has 2 rings (SSSR count). The molecule has 0 saturated carbocycles. The minimum atomic E-state index is -0.717. The molecule has 142 valence electrons. The van der Waals surface area contributed by atoms with E-state index in [0.29, 0.717) is 31.4 Å². The number of amides is 1. The van der Waals surface area contributed by atoms with Gasteiger partial charge < -0.3 is 14.5 Å². The molecule has 0 bridgehead atoms. The number of carbonyl (C=O) groups excluding carboxylic acids is 1. The van der Waals surface area contributed by atoms with Gasteiger partial charge in [0, 0.05) is 38.7 Å². The Kier molecular flexibility index (Phi) is 7.72. The lowest BCUT2D eigenvalue weighted by Gasteiger charge is -2.07. The summed E-state index contributed by atoms with van der Waals surface area (Å²) in [5, 5.41) is 2.80. The first-order valence-electron chi connectivity index (χ1n) is 8.70. The van der Waals surface area contributed by atoms with Crippen LogP contribution in [0.3, 0.4) is 0 Å². The van der Waals surface area contributed by atoms with Gasteiger partial charge in [0.15, 0.2) is 11.7 Å². The lowest BCUT2D eigenvalue weighted by atomic mass is 10.2. The molecule has 0 aliphatic carbocycles. The van der Waals surface area contributed by atoms with Crippen LogP contribution in [0.15, 0.2) is 28.8 Å². The van der Waals surface area contributed by atoms with E-state index in [0.717, 1.165) is 25.2 Å². The van der Waals surface area contributed by atoms with Crippen LogP contribution in [0.25, 0.3) is 11.3 Å². The minimum Gasteiger partial charge on any atom is -0.441 e. The topological polar surface area (TPSA) is 64.4 Å². The van der Waals surface area contributed by atoms with Crippen molar-refractivity contribution in [2.24, 2.45) is 5.92 Å². The van der Waals surface area contributed by atoms with Gasteiger partial charge in [-0.2, -0.15) is 0 Å². The molecule has 1 heterocycles. The average Bonchev–Trinajstić information content (AvgIpc) is 3.04. The molecular weight excluding hydrogens is 342 g/mol. The molecule has 26 heavy (non-hydrogen) atoms. The maximum atomic E-state index is 13.7. The van der Waals surface area contributed by atoms with Gasteiger partial charge in [-0.15, -0.1) is 0 Å². The van der Waals surface area contributed by atoms with E-state index in [-0.39, 0.29) is 23.7 Å². The van der Waals surface area contributed by atoms with Gasteiger partial charge in [-0.05, 0) is 24.5 Å². The Morgan fingerprint density at radius 3 is 2.88 bits per heavy atom. The van der Waals surface area contributed by atoms with Crippen molar-refractivity contribution in [3.8, 4) is 11.3 Å².